The highest BCUT2D eigenvalue weighted by atomic mass is 16.5. The Labute approximate surface area is 170 Å². The van der Waals surface area contributed by atoms with Crippen LogP contribution in [0, 0.1) is 6.92 Å². The molecule has 1 saturated heterocycles. The van der Waals surface area contributed by atoms with Gasteiger partial charge in [0, 0.05) is 43.9 Å². The Morgan fingerprint density at radius 2 is 2.14 bits per heavy atom. The number of nitrogens with zero attached hydrogens (tertiary/aromatic N) is 4. The van der Waals surface area contributed by atoms with Gasteiger partial charge in [-0.3, -0.25) is 14.5 Å². The predicted octanol–water partition coefficient (Wildman–Crippen LogP) is 2.74. The fraction of sp³-hybridized carbons (Fsp3) is 0.318. The molecule has 0 saturated carbocycles. The van der Waals surface area contributed by atoms with E-state index in [1.807, 2.05) is 71.5 Å². The van der Waals surface area contributed by atoms with E-state index in [9.17, 15) is 4.79 Å². The number of pyridine rings is 1. The zero-order valence-electron chi connectivity index (χ0n) is 16.5. The summed E-state index contributed by atoms with van der Waals surface area (Å²) in [6.45, 7) is 4.93. The second-order valence-corrected chi connectivity index (χ2v) is 7.24. The smallest absolute Gasteiger partial charge is 0.256 e. The number of benzene rings is 1. The summed E-state index contributed by atoms with van der Waals surface area (Å²) < 4.78 is 7.74. The van der Waals surface area contributed by atoms with Crippen LogP contribution in [-0.2, 0) is 17.8 Å². The Hall–Kier alpha value is -3.19. The van der Waals surface area contributed by atoms with Gasteiger partial charge in [0.05, 0.1) is 31.0 Å². The van der Waals surface area contributed by atoms with Gasteiger partial charge in [0.1, 0.15) is 0 Å². The standard InChI is InChI=1S/C22H25N5O2/c1-17-11-25-27(14-17)16-19-15-26(9-10-29-19)22(28)20-6-2-3-7-21(20)24-13-18-5-4-8-23-12-18/h2-8,11-12,14,19,24H,9-10,13,15-16H2,1H3. The van der Waals surface area contributed by atoms with Gasteiger partial charge < -0.3 is 15.0 Å². The van der Waals surface area contributed by atoms with Crippen LogP contribution in [0.1, 0.15) is 21.5 Å². The molecule has 0 aliphatic carbocycles. The number of hydrogen-bond acceptors (Lipinski definition) is 5. The molecule has 1 aromatic carbocycles. The summed E-state index contributed by atoms with van der Waals surface area (Å²) in [4.78, 5) is 19.2. The largest absolute Gasteiger partial charge is 0.380 e. The van der Waals surface area contributed by atoms with Crippen LogP contribution in [0.3, 0.4) is 0 Å². The quantitative estimate of drug-likeness (QED) is 0.700. The number of aromatic nitrogens is 3. The summed E-state index contributed by atoms with van der Waals surface area (Å²) in [6.07, 6.45) is 7.32. The first-order chi connectivity index (χ1) is 14.2. The van der Waals surface area contributed by atoms with Gasteiger partial charge >= 0.3 is 0 Å². The Balaban J connectivity index is 1.43. The summed E-state index contributed by atoms with van der Waals surface area (Å²) >= 11 is 0. The predicted molar refractivity (Wildman–Crippen MR) is 111 cm³/mol. The molecule has 1 aliphatic rings. The van der Waals surface area contributed by atoms with Crippen molar-refractivity contribution in [2.75, 3.05) is 25.0 Å². The summed E-state index contributed by atoms with van der Waals surface area (Å²) in [5.74, 6) is 0.0178. The highest BCUT2D eigenvalue weighted by Crippen LogP contribution is 2.20. The van der Waals surface area contributed by atoms with E-state index in [0.29, 0.717) is 38.3 Å². The number of carbonyl (C=O) groups is 1. The van der Waals surface area contributed by atoms with Gasteiger partial charge in [-0.15, -0.1) is 0 Å². The minimum atomic E-state index is -0.0671. The van der Waals surface area contributed by atoms with Crippen LogP contribution in [0.25, 0.3) is 0 Å². The lowest BCUT2D eigenvalue weighted by Crippen LogP contribution is -2.47. The average Bonchev–Trinajstić information content (AvgIpc) is 3.17. The first kappa shape index (κ1) is 19.1. The first-order valence-corrected chi connectivity index (χ1v) is 9.81. The second-order valence-electron chi connectivity index (χ2n) is 7.24. The molecule has 1 aliphatic heterocycles. The fourth-order valence-corrected chi connectivity index (χ4v) is 3.48. The van der Waals surface area contributed by atoms with Crippen molar-refractivity contribution >= 4 is 11.6 Å². The molecular formula is C22H25N5O2. The van der Waals surface area contributed by atoms with Crippen LogP contribution in [0.5, 0.6) is 0 Å². The molecule has 29 heavy (non-hydrogen) atoms. The minimum absolute atomic E-state index is 0.0178. The highest BCUT2D eigenvalue weighted by Gasteiger charge is 2.26. The van der Waals surface area contributed by atoms with Crippen molar-refractivity contribution in [1.82, 2.24) is 19.7 Å². The molecule has 3 heterocycles. The maximum Gasteiger partial charge on any atom is 0.256 e. The SMILES string of the molecule is Cc1cnn(CC2CN(C(=O)c3ccccc3NCc3cccnc3)CCO2)c1. The third kappa shape index (κ3) is 4.81. The molecule has 1 unspecified atom stereocenters. The van der Waals surface area contributed by atoms with E-state index in [4.69, 9.17) is 4.74 Å². The zero-order valence-corrected chi connectivity index (χ0v) is 16.5. The van der Waals surface area contributed by atoms with E-state index in [0.717, 1.165) is 16.8 Å². The third-order valence-corrected chi connectivity index (χ3v) is 4.94. The van der Waals surface area contributed by atoms with Crippen LogP contribution < -0.4 is 5.32 Å². The number of carbonyl (C=O) groups excluding carboxylic acids is 1. The third-order valence-electron chi connectivity index (χ3n) is 4.94. The normalized spacial score (nSPS) is 16.6. The van der Waals surface area contributed by atoms with E-state index in [1.54, 1.807) is 6.20 Å². The van der Waals surface area contributed by atoms with Crippen LogP contribution in [0.2, 0.25) is 0 Å². The topological polar surface area (TPSA) is 72.3 Å². The number of hydrogen-bond donors (Lipinski definition) is 1. The highest BCUT2D eigenvalue weighted by molar-refractivity contribution is 5.99. The van der Waals surface area contributed by atoms with Gasteiger partial charge in [0.15, 0.2) is 0 Å². The van der Waals surface area contributed by atoms with Crippen molar-refractivity contribution in [3.63, 3.8) is 0 Å². The van der Waals surface area contributed by atoms with Crippen LogP contribution in [0.15, 0.2) is 61.2 Å². The average molecular weight is 391 g/mol. The zero-order chi connectivity index (χ0) is 20.1. The lowest BCUT2D eigenvalue weighted by Gasteiger charge is -2.33. The molecule has 0 bridgehead atoms. The van der Waals surface area contributed by atoms with Crippen LogP contribution >= 0.6 is 0 Å². The fourth-order valence-electron chi connectivity index (χ4n) is 3.48. The maximum absolute atomic E-state index is 13.2. The summed E-state index contributed by atoms with van der Waals surface area (Å²) in [7, 11) is 0. The molecule has 1 fully saturated rings. The Morgan fingerprint density at radius 3 is 2.93 bits per heavy atom. The van der Waals surface area contributed by atoms with Crippen molar-refractivity contribution in [1.29, 1.82) is 0 Å². The van der Waals surface area contributed by atoms with E-state index >= 15 is 0 Å². The molecule has 7 heteroatoms. The summed E-state index contributed by atoms with van der Waals surface area (Å²) in [6, 6.07) is 11.6. The summed E-state index contributed by atoms with van der Waals surface area (Å²) in [5, 5.41) is 7.69. The summed E-state index contributed by atoms with van der Waals surface area (Å²) in [5.41, 5.74) is 3.68. The Morgan fingerprint density at radius 1 is 1.24 bits per heavy atom. The first-order valence-electron chi connectivity index (χ1n) is 9.81. The number of amides is 1. The number of morpholine rings is 1. The van der Waals surface area contributed by atoms with Gasteiger partial charge in [0.25, 0.3) is 5.91 Å². The lowest BCUT2D eigenvalue weighted by molar-refractivity contribution is -0.0299. The van der Waals surface area contributed by atoms with E-state index in [-0.39, 0.29) is 12.0 Å². The number of ether oxygens (including phenoxy) is 1. The van der Waals surface area contributed by atoms with Crippen molar-refractivity contribution in [2.24, 2.45) is 0 Å². The van der Waals surface area contributed by atoms with Crippen molar-refractivity contribution < 1.29 is 9.53 Å². The number of nitrogens with one attached hydrogen (secondary N) is 1. The van der Waals surface area contributed by atoms with Gasteiger partial charge in [-0.2, -0.15) is 5.10 Å². The Bertz CT molecular complexity index is 957. The lowest BCUT2D eigenvalue weighted by atomic mass is 10.1. The van der Waals surface area contributed by atoms with Crippen LogP contribution in [0.4, 0.5) is 5.69 Å². The number of anilines is 1. The van der Waals surface area contributed by atoms with Gasteiger partial charge in [0.2, 0.25) is 0 Å². The monoisotopic (exact) mass is 391 g/mol. The Kier molecular flexibility index (Phi) is 5.86. The van der Waals surface area contributed by atoms with Gasteiger partial charge in [-0.1, -0.05) is 18.2 Å². The van der Waals surface area contributed by atoms with Crippen molar-refractivity contribution in [3.05, 3.63) is 77.9 Å². The van der Waals surface area contributed by atoms with E-state index in [2.05, 4.69) is 15.4 Å². The van der Waals surface area contributed by atoms with E-state index < -0.39 is 0 Å². The van der Waals surface area contributed by atoms with E-state index in [1.165, 1.54) is 0 Å². The molecule has 4 rings (SSSR count). The molecule has 1 N–H and O–H groups in total. The maximum atomic E-state index is 13.2. The molecule has 0 spiro atoms. The van der Waals surface area contributed by atoms with Crippen molar-refractivity contribution in [3.8, 4) is 0 Å². The number of aryl methyl sites for hydroxylation is 1. The molecule has 0 radical (unpaired) electrons. The molecule has 3 aromatic rings. The molecule has 1 atom stereocenters. The molecular weight excluding hydrogens is 366 g/mol. The second kappa shape index (κ2) is 8.87. The van der Waals surface area contributed by atoms with Gasteiger partial charge in [-0.05, 0) is 36.2 Å². The molecule has 2 aromatic heterocycles. The molecule has 150 valence electrons. The number of rotatable bonds is 6. The van der Waals surface area contributed by atoms with Gasteiger partial charge in [-0.25, -0.2) is 0 Å². The van der Waals surface area contributed by atoms with Crippen molar-refractivity contribution in [2.45, 2.75) is 26.1 Å². The molecule has 1 amide bonds. The number of para-hydroxylation sites is 1. The van der Waals surface area contributed by atoms with Crippen LogP contribution in [-0.4, -0.2) is 51.4 Å². The molecule has 7 nitrogen and oxygen atoms in total. The minimum Gasteiger partial charge on any atom is -0.380 e.